The number of unbranched alkanes of at least 4 members (excludes halogenated alkanes) is 1. The Labute approximate surface area is 201 Å². The van der Waals surface area contributed by atoms with Gasteiger partial charge in [-0.3, -0.25) is 19.9 Å². The van der Waals surface area contributed by atoms with Crippen molar-refractivity contribution in [2.45, 2.75) is 37.8 Å². The highest BCUT2D eigenvalue weighted by atomic mass is 35.5. The Bertz CT molecular complexity index is 1060. The van der Waals surface area contributed by atoms with Crippen molar-refractivity contribution in [3.8, 4) is 5.75 Å². The Morgan fingerprint density at radius 3 is 2.56 bits per heavy atom. The number of carbonyl (C=O) groups is 2. The molecule has 1 fully saturated rings. The maximum atomic E-state index is 12.2. The van der Waals surface area contributed by atoms with E-state index in [-0.39, 0.29) is 46.5 Å². The number of benzene rings is 1. The van der Waals surface area contributed by atoms with Gasteiger partial charge < -0.3 is 33.0 Å². The van der Waals surface area contributed by atoms with Crippen LogP contribution in [0.4, 0.5) is 11.6 Å². The van der Waals surface area contributed by atoms with E-state index in [0.29, 0.717) is 19.5 Å². The van der Waals surface area contributed by atoms with Crippen molar-refractivity contribution in [2.24, 2.45) is 16.5 Å². The quantitative estimate of drug-likeness (QED) is 0.158. The van der Waals surface area contributed by atoms with Gasteiger partial charge in [0.2, 0.25) is 5.91 Å². The summed E-state index contributed by atoms with van der Waals surface area (Å²) in [7, 11) is 0. The molecule has 1 aromatic carbocycles. The average molecular weight is 490 g/mol. The summed E-state index contributed by atoms with van der Waals surface area (Å²) in [6.45, 7) is 1.03. The van der Waals surface area contributed by atoms with Crippen molar-refractivity contribution in [2.75, 3.05) is 24.6 Å². The minimum absolute atomic E-state index is 0.0550. The van der Waals surface area contributed by atoms with Gasteiger partial charge in [0, 0.05) is 19.5 Å². The zero-order chi connectivity index (χ0) is 24.7. The largest absolute Gasteiger partial charge is 0.489 e. The molecule has 34 heavy (non-hydrogen) atoms. The lowest BCUT2D eigenvalue weighted by Gasteiger charge is -2.13. The molecule has 13 heteroatoms. The number of hydrogen-bond donors (Lipinski definition) is 6. The highest BCUT2D eigenvalue weighted by molar-refractivity contribution is 6.31. The molecule has 0 spiro atoms. The van der Waals surface area contributed by atoms with E-state index in [1.165, 1.54) is 0 Å². The number of primary amides is 1. The molecule has 182 valence electrons. The van der Waals surface area contributed by atoms with Crippen LogP contribution in [-0.2, 0) is 11.2 Å². The van der Waals surface area contributed by atoms with Gasteiger partial charge in [-0.05, 0) is 37.0 Å². The number of nitrogens with zero attached hydrogens (tertiary/aromatic N) is 3. The fraction of sp³-hybridized carbons (Fsp3) is 0.381. The molecule has 10 N–H and O–H groups in total. The molecule has 2 atom stereocenters. The third-order valence-corrected chi connectivity index (χ3v) is 5.46. The summed E-state index contributed by atoms with van der Waals surface area (Å²) >= 11 is 5.78. The predicted molar refractivity (Wildman–Crippen MR) is 129 cm³/mol. The standard InChI is InChI=1S/C21H28ClN9O3/c22-16-18(24)30-17(23)15(29-16)20(33)31-21(26)27-8-2-1-3-11-4-6-12(7-5-11)34-13-9-14(19(25)32)28-10-13/h4-7,13-14,28H,1-3,8-10H2,(H2,25,32)(H4,23,24,30)(H3,26,27,31,33). The molecule has 3 rings (SSSR count). The van der Waals surface area contributed by atoms with Crippen molar-refractivity contribution < 1.29 is 14.3 Å². The molecule has 0 aliphatic carbocycles. The third kappa shape index (κ3) is 6.93. The van der Waals surface area contributed by atoms with E-state index in [9.17, 15) is 9.59 Å². The molecule has 1 saturated heterocycles. The molecule has 0 bridgehead atoms. The summed E-state index contributed by atoms with van der Waals surface area (Å²) in [6.07, 6.45) is 2.99. The first kappa shape index (κ1) is 25.0. The second-order valence-corrected chi connectivity index (χ2v) is 8.15. The topological polar surface area (TPSA) is 210 Å². The molecule has 1 aliphatic heterocycles. The lowest BCUT2D eigenvalue weighted by molar-refractivity contribution is -0.119. The molecule has 2 heterocycles. The van der Waals surface area contributed by atoms with Gasteiger partial charge in [-0.25, -0.2) is 9.97 Å². The summed E-state index contributed by atoms with van der Waals surface area (Å²) < 4.78 is 5.90. The van der Waals surface area contributed by atoms with E-state index in [1.807, 2.05) is 24.3 Å². The zero-order valence-electron chi connectivity index (χ0n) is 18.5. The first-order chi connectivity index (χ1) is 16.2. The van der Waals surface area contributed by atoms with Gasteiger partial charge in [-0.1, -0.05) is 23.7 Å². The maximum absolute atomic E-state index is 12.2. The number of anilines is 2. The lowest BCUT2D eigenvalue weighted by Crippen LogP contribution is -2.38. The molecule has 2 amide bonds. The van der Waals surface area contributed by atoms with Crippen LogP contribution in [0.2, 0.25) is 5.15 Å². The molecular formula is C21H28ClN9O3. The summed E-state index contributed by atoms with van der Waals surface area (Å²) in [6, 6.07) is 7.50. The number of nitrogens with one attached hydrogen (secondary N) is 2. The number of nitrogen functional groups attached to an aromatic ring is 2. The van der Waals surface area contributed by atoms with Gasteiger partial charge in [-0.2, -0.15) is 0 Å². The van der Waals surface area contributed by atoms with Gasteiger partial charge in [0.05, 0.1) is 6.04 Å². The monoisotopic (exact) mass is 489 g/mol. The van der Waals surface area contributed by atoms with E-state index in [4.69, 9.17) is 39.3 Å². The fourth-order valence-corrected chi connectivity index (χ4v) is 3.53. The fourth-order valence-electron chi connectivity index (χ4n) is 3.40. The molecule has 1 aliphatic rings. The number of hydrogen-bond acceptors (Lipinski definition) is 9. The van der Waals surface area contributed by atoms with E-state index in [0.717, 1.165) is 30.6 Å². The number of halogens is 1. The Balaban J connectivity index is 1.37. The zero-order valence-corrected chi connectivity index (χ0v) is 19.2. The number of nitrogens with two attached hydrogens (primary N) is 4. The van der Waals surface area contributed by atoms with Crippen LogP contribution in [0.3, 0.4) is 0 Å². The second-order valence-electron chi connectivity index (χ2n) is 7.79. The smallest absolute Gasteiger partial charge is 0.280 e. The lowest BCUT2D eigenvalue weighted by atomic mass is 10.1. The van der Waals surface area contributed by atoms with Crippen molar-refractivity contribution in [3.05, 3.63) is 40.7 Å². The van der Waals surface area contributed by atoms with Crippen LogP contribution in [0.15, 0.2) is 29.3 Å². The summed E-state index contributed by atoms with van der Waals surface area (Å²) in [5, 5.41) is 5.32. The van der Waals surface area contributed by atoms with Gasteiger partial charge in [0.25, 0.3) is 5.91 Å². The third-order valence-electron chi connectivity index (χ3n) is 5.18. The van der Waals surface area contributed by atoms with Crippen LogP contribution in [0.5, 0.6) is 5.75 Å². The second kappa shape index (κ2) is 11.5. The SMILES string of the molecule is NC(=O)C1CC(Oc2ccc(CCCCN=C(N)NC(=O)c3nc(Cl)c(N)nc3N)cc2)CN1. The Kier molecular flexibility index (Phi) is 8.44. The van der Waals surface area contributed by atoms with Crippen molar-refractivity contribution in [1.82, 2.24) is 20.6 Å². The molecule has 0 radical (unpaired) electrons. The van der Waals surface area contributed by atoms with Gasteiger partial charge in [0.1, 0.15) is 11.9 Å². The highest BCUT2D eigenvalue weighted by Gasteiger charge is 2.29. The van der Waals surface area contributed by atoms with Crippen LogP contribution < -0.4 is 38.3 Å². The molecule has 2 aromatic rings. The molecule has 2 unspecified atom stereocenters. The number of rotatable bonds is 9. The number of aliphatic imine (C=N–C) groups is 1. The Morgan fingerprint density at radius 2 is 1.88 bits per heavy atom. The molecular weight excluding hydrogens is 462 g/mol. The van der Waals surface area contributed by atoms with Crippen LogP contribution in [0, 0.1) is 0 Å². The van der Waals surface area contributed by atoms with E-state index >= 15 is 0 Å². The first-order valence-electron chi connectivity index (χ1n) is 10.7. The minimum Gasteiger partial charge on any atom is -0.489 e. The number of carbonyl (C=O) groups excluding carboxylic acids is 2. The van der Waals surface area contributed by atoms with Gasteiger partial charge in [0.15, 0.2) is 28.4 Å². The number of guanidine groups is 1. The van der Waals surface area contributed by atoms with E-state index < -0.39 is 5.91 Å². The van der Waals surface area contributed by atoms with Gasteiger partial charge >= 0.3 is 0 Å². The first-order valence-corrected chi connectivity index (χ1v) is 11.1. The maximum Gasteiger partial charge on any atom is 0.280 e. The van der Waals surface area contributed by atoms with Crippen LogP contribution >= 0.6 is 11.6 Å². The van der Waals surface area contributed by atoms with E-state index in [1.54, 1.807) is 0 Å². The normalized spacial score (nSPS) is 18.0. The molecule has 0 saturated carbocycles. The number of aromatic nitrogens is 2. The van der Waals surface area contributed by atoms with Crippen molar-refractivity contribution in [3.63, 3.8) is 0 Å². The predicted octanol–water partition coefficient (Wildman–Crippen LogP) is -0.0436. The van der Waals surface area contributed by atoms with Crippen molar-refractivity contribution in [1.29, 1.82) is 0 Å². The molecule has 12 nitrogen and oxygen atoms in total. The minimum atomic E-state index is -0.672. The Hall–Kier alpha value is -3.64. The summed E-state index contributed by atoms with van der Waals surface area (Å²) in [4.78, 5) is 35.1. The highest BCUT2D eigenvalue weighted by Crippen LogP contribution is 2.19. The average Bonchev–Trinajstić information content (AvgIpc) is 3.26. The van der Waals surface area contributed by atoms with Crippen LogP contribution in [0.1, 0.15) is 35.3 Å². The molecule has 1 aromatic heterocycles. The van der Waals surface area contributed by atoms with Gasteiger partial charge in [-0.15, -0.1) is 0 Å². The Morgan fingerprint density at radius 1 is 1.15 bits per heavy atom. The number of aryl methyl sites for hydroxylation is 1. The van der Waals surface area contributed by atoms with E-state index in [2.05, 4.69) is 25.6 Å². The summed E-state index contributed by atoms with van der Waals surface area (Å²) in [5.41, 5.74) is 23.2. The summed E-state index contributed by atoms with van der Waals surface area (Å²) in [5.74, 6) is -0.556. The van der Waals surface area contributed by atoms with Crippen molar-refractivity contribution >= 4 is 41.0 Å². The number of ether oxygens (including phenoxy) is 1. The van der Waals surface area contributed by atoms with Crippen LogP contribution in [0.25, 0.3) is 0 Å². The number of amides is 2. The van der Waals surface area contributed by atoms with Crippen LogP contribution in [-0.4, -0.2) is 53.0 Å².